The molecule has 1 aromatic carbocycles. The average Bonchev–Trinajstić information content (AvgIpc) is 2.24. The molecule has 1 N–H and O–H groups in total. The second-order valence-electron chi connectivity index (χ2n) is 3.20. The molecule has 0 aromatic heterocycles. The highest BCUT2D eigenvalue weighted by Gasteiger charge is 2.09. The average molecular weight is 262 g/mol. The van der Waals surface area contributed by atoms with E-state index < -0.39 is 0 Å². The van der Waals surface area contributed by atoms with Gasteiger partial charge in [0.15, 0.2) is 0 Å². The number of rotatable bonds is 6. The van der Waals surface area contributed by atoms with E-state index >= 15 is 0 Å². The van der Waals surface area contributed by atoms with Crippen LogP contribution in [0, 0.1) is 0 Å². The Balaban J connectivity index is 2.73. The van der Waals surface area contributed by atoms with E-state index in [1.165, 1.54) is 0 Å². The number of hydrogen-bond acceptors (Lipinski definition) is 3. The largest absolute Gasteiger partial charge is 0.495 e. The number of carbonyl (C=O) groups is 1. The first kappa shape index (κ1) is 13.3. The summed E-state index contributed by atoms with van der Waals surface area (Å²) in [5, 5.41) is 4.04. The van der Waals surface area contributed by atoms with Crippen molar-refractivity contribution in [3.63, 3.8) is 0 Å². The highest BCUT2D eigenvalue weighted by Crippen LogP contribution is 2.32. The van der Waals surface area contributed by atoms with Gasteiger partial charge in [0.1, 0.15) is 12.0 Å². The molecule has 1 aromatic rings. The summed E-state index contributed by atoms with van der Waals surface area (Å²) < 4.78 is 5.20. The van der Waals surface area contributed by atoms with Gasteiger partial charge in [-0.15, -0.1) is 0 Å². The highest BCUT2D eigenvalue weighted by atomic mass is 35.5. The van der Waals surface area contributed by atoms with Crippen LogP contribution in [0.1, 0.15) is 5.56 Å². The molecule has 1 rings (SSSR count). The maximum atomic E-state index is 10.1. The normalized spacial score (nSPS) is 10.2. The summed E-state index contributed by atoms with van der Waals surface area (Å²) in [6, 6.07) is 3.46. The van der Waals surface area contributed by atoms with Crippen LogP contribution in [-0.4, -0.2) is 26.5 Å². The van der Waals surface area contributed by atoms with Crippen LogP contribution < -0.4 is 10.1 Å². The van der Waals surface area contributed by atoms with Crippen molar-refractivity contribution < 1.29 is 9.53 Å². The lowest BCUT2D eigenvalue weighted by Crippen LogP contribution is -2.19. The fourth-order valence-corrected chi connectivity index (χ4v) is 2.02. The van der Waals surface area contributed by atoms with Crippen LogP contribution in [0.4, 0.5) is 0 Å². The van der Waals surface area contributed by atoms with Crippen LogP contribution >= 0.6 is 23.2 Å². The van der Waals surface area contributed by atoms with E-state index in [1.807, 2.05) is 6.07 Å². The predicted octanol–water partition coefficient (Wildman–Crippen LogP) is 2.33. The number of carbonyl (C=O) groups excluding carboxylic acids is 1. The van der Waals surface area contributed by atoms with Crippen molar-refractivity contribution in [3.8, 4) is 5.75 Å². The lowest BCUT2D eigenvalue weighted by molar-refractivity contribution is -0.107. The van der Waals surface area contributed by atoms with Crippen molar-refractivity contribution >= 4 is 29.5 Å². The Morgan fingerprint density at radius 2 is 2.19 bits per heavy atom. The molecule has 88 valence electrons. The molecular weight excluding hydrogens is 249 g/mol. The molecule has 16 heavy (non-hydrogen) atoms. The van der Waals surface area contributed by atoms with Crippen molar-refractivity contribution in [3.05, 3.63) is 27.7 Å². The van der Waals surface area contributed by atoms with Crippen molar-refractivity contribution in [2.45, 2.75) is 6.42 Å². The van der Waals surface area contributed by atoms with Gasteiger partial charge >= 0.3 is 0 Å². The number of halogens is 2. The minimum atomic E-state index is 0.344. The zero-order valence-electron chi connectivity index (χ0n) is 8.93. The van der Waals surface area contributed by atoms with Gasteiger partial charge in [0.05, 0.1) is 18.7 Å². The molecule has 0 saturated carbocycles. The van der Waals surface area contributed by atoms with Crippen molar-refractivity contribution in [2.75, 3.05) is 20.2 Å². The van der Waals surface area contributed by atoms with E-state index in [-0.39, 0.29) is 0 Å². The zero-order chi connectivity index (χ0) is 12.0. The predicted molar refractivity (Wildman–Crippen MR) is 65.7 cm³/mol. The molecule has 5 heteroatoms. The number of aldehydes is 1. The SMILES string of the molecule is COc1c(Cl)cc(Cl)cc1CCNCC=O. The first-order valence-corrected chi connectivity index (χ1v) is 5.61. The molecular formula is C11H13Cl2NO2. The van der Waals surface area contributed by atoms with Crippen LogP contribution in [-0.2, 0) is 11.2 Å². The molecule has 0 spiro atoms. The Morgan fingerprint density at radius 1 is 1.44 bits per heavy atom. The minimum absolute atomic E-state index is 0.344. The number of nitrogens with one attached hydrogen (secondary N) is 1. The molecule has 0 fully saturated rings. The highest BCUT2D eigenvalue weighted by molar-refractivity contribution is 6.35. The van der Waals surface area contributed by atoms with E-state index in [9.17, 15) is 4.79 Å². The monoisotopic (exact) mass is 261 g/mol. The summed E-state index contributed by atoms with van der Waals surface area (Å²) in [5.74, 6) is 0.638. The summed E-state index contributed by atoms with van der Waals surface area (Å²) in [7, 11) is 1.57. The van der Waals surface area contributed by atoms with E-state index in [4.69, 9.17) is 27.9 Å². The third kappa shape index (κ3) is 3.67. The van der Waals surface area contributed by atoms with Gasteiger partial charge in [0.2, 0.25) is 0 Å². The second kappa shape index (κ2) is 6.74. The van der Waals surface area contributed by atoms with E-state index in [0.29, 0.717) is 35.3 Å². The van der Waals surface area contributed by atoms with Gasteiger partial charge in [-0.2, -0.15) is 0 Å². The topological polar surface area (TPSA) is 38.3 Å². The van der Waals surface area contributed by atoms with Crippen molar-refractivity contribution in [2.24, 2.45) is 0 Å². The molecule has 3 nitrogen and oxygen atoms in total. The van der Waals surface area contributed by atoms with Crippen LogP contribution in [0.25, 0.3) is 0 Å². The fourth-order valence-electron chi connectivity index (χ4n) is 1.41. The number of hydrogen-bond donors (Lipinski definition) is 1. The lowest BCUT2D eigenvalue weighted by Gasteiger charge is -2.11. The quantitative estimate of drug-likeness (QED) is 0.631. The molecule has 0 aliphatic rings. The first-order chi connectivity index (χ1) is 7.69. The van der Waals surface area contributed by atoms with E-state index in [2.05, 4.69) is 5.32 Å². The molecule has 0 radical (unpaired) electrons. The Hall–Kier alpha value is -0.770. The van der Waals surface area contributed by atoms with E-state index in [1.54, 1.807) is 13.2 Å². The fraction of sp³-hybridized carbons (Fsp3) is 0.364. The second-order valence-corrected chi connectivity index (χ2v) is 4.04. The van der Waals surface area contributed by atoms with Gasteiger partial charge in [-0.1, -0.05) is 23.2 Å². The minimum Gasteiger partial charge on any atom is -0.495 e. The maximum Gasteiger partial charge on any atom is 0.140 e. The number of ether oxygens (including phenoxy) is 1. The molecule has 0 amide bonds. The molecule has 0 unspecified atom stereocenters. The van der Waals surface area contributed by atoms with Crippen molar-refractivity contribution in [1.29, 1.82) is 0 Å². The number of methoxy groups -OCH3 is 1. The molecule has 0 saturated heterocycles. The molecule has 0 aliphatic carbocycles. The first-order valence-electron chi connectivity index (χ1n) is 4.85. The Morgan fingerprint density at radius 3 is 2.81 bits per heavy atom. The van der Waals surface area contributed by atoms with Crippen LogP contribution in [0.5, 0.6) is 5.75 Å². The number of benzene rings is 1. The third-order valence-corrected chi connectivity index (χ3v) is 2.59. The standard InChI is InChI=1S/C11H13Cl2NO2/c1-16-11-8(2-3-14-4-5-15)6-9(12)7-10(11)13/h5-7,14H,2-4H2,1H3. The van der Waals surface area contributed by atoms with Gasteiger partial charge in [-0.05, 0) is 30.7 Å². The zero-order valence-corrected chi connectivity index (χ0v) is 10.4. The summed E-state index contributed by atoms with van der Waals surface area (Å²) >= 11 is 11.9. The van der Waals surface area contributed by atoms with Gasteiger partial charge in [0.25, 0.3) is 0 Å². The smallest absolute Gasteiger partial charge is 0.140 e. The molecule has 0 atom stereocenters. The summed E-state index contributed by atoms with van der Waals surface area (Å²) in [5.41, 5.74) is 0.929. The summed E-state index contributed by atoms with van der Waals surface area (Å²) in [4.78, 5) is 10.1. The molecule has 0 aliphatic heterocycles. The van der Waals surface area contributed by atoms with Gasteiger partial charge in [-0.25, -0.2) is 0 Å². The Kier molecular flexibility index (Phi) is 5.60. The lowest BCUT2D eigenvalue weighted by atomic mass is 10.1. The van der Waals surface area contributed by atoms with Gasteiger partial charge in [-0.3, -0.25) is 0 Å². The van der Waals surface area contributed by atoms with E-state index in [0.717, 1.165) is 11.8 Å². The van der Waals surface area contributed by atoms with Crippen LogP contribution in [0.3, 0.4) is 0 Å². The Labute approximate surface area is 105 Å². The van der Waals surface area contributed by atoms with Crippen LogP contribution in [0.15, 0.2) is 12.1 Å². The van der Waals surface area contributed by atoms with Crippen molar-refractivity contribution in [1.82, 2.24) is 5.32 Å². The van der Waals surface area contributed by atoms with Crippen LogP contribution in [0.2, 0.25) is 10.0 Å². The third-order valence-electron chi connectivity index (χ3n) is 2.09. The Bertz CT molecular complexity index is 369. The molecule has 0 heterocycles. The van der Waals surface area contributed by atoms with Gasteiger partial charge in [0, 0.05) is 5.02 Å². The summed E-state index contributed by atoms with van der Waals surface area (Å²) in [6.07, 6.45) is 1.53. The summed E-state index contributed by atoms with van der Waals surface area (Å²) in [6.45, 7) is 1.02. The maximum absolute atomic E-state index is 10.1. The molecule has 0 bridgehead atoms. The van der Waals surface area contributed by atoms with Gasteiger partial charge < -0.3 is 14.8 Å².